The molecule has 1 aromatic carbocycles. The SMILES string of the molecule is COc1ccc(F)c2[nH]c(C(=O)NCC(C(=O)O)C3CCOCC3)cc12. The Morgan fingerprint density at radius 3 is 2.81 bits per heavy atom. The van der Waals surface area contributed by atoms with Gasteiger partial charge in [-0.1, -0.05) is 0 Å². The molecule has 8 heteroatoms. The standard InChI is InChI=1S/C18H21FN2O5/c1-25-15-3-2-13(19)16-11(15)8-14(21-16)17(22)20-9-12(18(23)24)10-4-6-26-7-5-10/h2-3,8,10,12,21H,4-7,9H2,1H3,(H,20,22)(H,23,24). The van der Waals surface area contributed by atoms with E-state index < -0.39 is 23.6 Å². The highest BCUT2D eigenvalue weighted by molar-refractivity contribution is 6.00. The highest BCUT2D eigenvalue weighted by Crippen LogP contribution is 2.28. The predicted molar refractivity (Wildman–Crippen MR) is 91.8 cm³/mol. The fraction of sp³-hybridized carbons (Fsp3) is 0.444. The number of carbonyl (C=O) groups is 2. The van der Waals surface area contributed by atoms with Crippen molar-refractivity contribution in [2.24, 2.45) is 11.8 Å². The van der Waals surface area contributed by atoms with Gasteiger partial charge >= 0.3 is 5.97 Å². The molecule has 1 saturated heterocycles. The van der Waals surface area contributed by atoms with Crippen LogP contribution in [0.4, 0.5) is 4.39 Å². The second-order valence-corrected chi connectivity index (χ2v) is 6.33. The Kier molecular flexibility index (Phi) is 5.41. The van der Waals surface area contributed by atoms with Crippen molar-refractivity contribution < 1.29 is 28.6 Å². The Labute approximate surface area is 149 Å². The van der Waals surface area contributed by atoms with Gasteiger partial charge in [-0.25, -0.2) is 4.39 Å². The summed E-state index contributed by atoms with van der Waals surface area (Å²) >= 11 is 0. The Morgan fingerprint density at radius 1 is 1.42 bits per heavy atom. The molecule has 26 heavy (non-hydrogen) atoms. The number of fused-ring (bicyclic) bond motifs is 1. The minimum atomic E-state index is -0.943. The number of hydrogen-bond acceptors (Lipinski definition) is 4. The average molecular weight is 364 g/mol. The first-order valence-electron chi connectivity index (χ1n) is 8.45. The zero-order chi connectivity index (χ0) is 18.7. The quantitative estimate of drug-likeness (QED) is 0.729. The molecule has 0 bridgehead atoms. The third-order valence-electron chi connectivity index (χ3n) is 4.80. The van der Waals surface area contributed by atoms with Crippen LogP contribution >= 0.6 is 0 Å². The van der Waals surface area contributed by atoms with E-state index in [0.29, 0.717) is 37.2 Å². The number of benzene rings is 1. The van der Waals surface area contributed by atoms with Gasteiger partial charge in [0.2, 0.25) is 0 Å². The Hall–Kier alpha value is -2.61. The summed E-state index contributed by atoms with van der Waals surface area (Å²) in [6.45, 7) is 1.07. The van der Waals surface area contributed by atoms with Crippen LogP contribution < -0.4 is 10.1 Å². The third kappa shape index (κ3) is 3.65. The van der Waals surface area contributed by atoms with Crippen molar-refractivity contribution in [2.45, 2.75) is 12.8 Å². The van der Waals surface area contributed by atoms with Crippen LogP contribution in [0, 0.1) is 17.7 Å². The van der Waals surface area contributed by atoms with E-state index in [1.54, 1.807) is 0 Å². The van der Waals surface area contributed by atoms with Crippen molar-refractivity contribution in [2.75, 3.05) is 26.9 Å². The summed E-state index contributed by atoms with van der Waals surface area (Å²) < 4.78 is 24.4. The largest absolute Gasteiger partial charge is 0.496 e. The molecule has 1 aromatic heterocycles. The summed E-state index contributed by atoms with van der Waals surface area (Å²) in [6, 6.07) is 4.24. The summed E-state index contributed by atoms with van der Waals surface area (Å²) in [5.41, 5.74) is 0.327. The lowest BCUT2D eigenvalue weighted by Crippen LogP contribution is -2.39. The molecule has 7 nitrogen and oxygen atoms in total. The number of H-pyrrole nitrogens is 1. The molecule has 0 radical (unpaired) electrons. The first-order valence-corrected chi connectivity index (χ1v) is 8.45. The predicted octanol–water partition coefficient (Wildman–Crippen LogP) is 2.17. The van der Waals surface area contributed by atoms with E-state index in [0.717, 1.165) is 0 Å². The van der Waals surface area contributed by atoms with Crippen LogP contribution in [0.5, 0.6) is 5.75 Å². The van der Waals surface area contributed by atoms with Crippen LogP contribution in [0.25, 0.3) is 10.9 Å². The summed E-state index contributed by atoms with van der Waals surface area (Å²) in [5, 5.41) is 12.6. The molecule has 0 spiro atoms. The molecule has 2 heterocycles. The number of hydrogen-bond donors (Lipinski definition) is 3. The normalized spacial score (nSPS) is 16.4. The van der Waals surface area contributed by atoms with E-state index in [1.807, 2.05) is 0 Å². The number of carboxylic acid groups (broad SMARTS) is 1. The maximum atomic E-state index is 13.9. The molecular weight excluding hydrogens is 343 g/mol. The molecule has 1 unspecified atom stereocenters. The number of aromatic amines is 1. The maximum absolute atomic E-state index is 13.9. The minimum Gasteiger partial charge on any atom is -0.496 e. The first-order chi connectivity index (χ1) is 12.5. The fourth-order valence-corrected chi connectivity index (χ4v) is 3.33. The van der Waals surface area contributed by atoms with E-state index in [-0.39, 0.29) is 23.7 Å². The lowest BCUT2D eigenvalue weighted by atomic mass is 9.86. The highest BCUT2D eigenvalue weighted by Gasteiger charge is 2.30. The number of amides is 1. The molecule has 1 amide bonds. The van der Waals surface area contributed by atoms with Gasteiger partial charge in [-0.05, 0) is 37.0 Å². The smallest absolute Gasteiger partial charge is 0.308 e. The molecule has 1 aliphatic rings. The van der Waals surface area contributed by atoms with Gasteiger partial charge in [0.15, 0.2) is 0 Å². The molecule has 3 N–H and O–H groups in total. The number of halogens is 1. The number of ether oxygens (including phenoxy) is 2. The average Bonchev–Trinajstić information content (AvgIpc) is 3.09. The topological polar surface area (TPSA) is 101 Å². The van der Waals surface area contributed by atoms with Gasteiger partial charge in [-0.2, -0.15) is 0 Å². The van der Waals surface area contributed by atoms with Gasteiger partial charge in [-0.3, -0.25) is 9.59 Å². The molecule has 0 aliphatic carbocycles. The second kappa shape index (κ2) is 7.74. The summed E-state index contributed by atoms with van der Waals surface area (Å²) in [4.78, 5) is 26.7. The van der Waals surface area contributed by atoms with Crippen molar-refractivity contribution >= 4 is 22.8 Å². The number of aliphatic carboxylic acids is 1. The van der Waals surface area contributed by atoms with Gasteiger partial charge in [-0.15, -0.1) is 0 Å². The van der Waals surface area contributed by atoms with Crippen molar-refractivity contribution in [3.05, 3.63) is 29.7 Å². The van der Waals surface area contributed by atoms with Gasteiger partial charge in [0.1, 0.15) is 17.3 Å². The van der Waals surface area contributed by atoms with E-state index in [4.69, 9.17) is 9.47 Å². The molecule has 1 fully saturated rings. The van der Waals surface area contributed by atoms with Crippen molar-refractivity contribution in [1.82, 2.24) is 10.3 Å². The van der Waals surface area contributed by atoms with E-state index in [2.05, 4.69) is 10.3 Å². The maximum Gasteiger partial charge on any atom is 0.308 e. The van der Waals surface area contributed by atoms with Gasteiger partial charge in [0.05, 0.1) is 18.5 Å². The zero-order valence-electron chi connectivity index (χ0n) is 14.4. The Morgan fingerprint density at radius 2 is 2.15 bits per heavy atom. The molecular formula is C18H21FN2O5. The molecule has 2 aromatic rings. The zero-order valence-corrected chi connectivity index (χ0v) is 14.4. The van der Waals surface area contributed by atoms with Gasteiger partial charge in [0, 0.05) is 25.1 Å². The van der Waals surface area contributed by atoms with E-state index in [1.165, 1.54) is 25.3 Å². The van der Waals surface area contributed by atoms with Crippen LogP contribution in [-0.2, 0) is 9.53 Å². The second-order valence-electron chi connectivity index (χ2n) is 6.33. The summed E-state index contributed by atoms with van der Waals surface area (Å²) in [7, 11) is 1.46. The monoisotopic (exact) mass is 364 g/mol. The first kappa shape index (κ1) is 18.2. The number of rotatable bonds is 6. The number of carbonyl (C=O) groups excluding carboxylic acids is 1. The lowest BCUT2D eigenvalue weighted by molar-refractivity contribution is -0.144. The number of methoxy groups -OCH3 is 1. The van der Waals surface area contributed by atoms with Crippen LogP contribution in [0.1, 0.15) is 23.3 Å². The third-order valence-corrected chi connectivity index (χ3v) is 4.80. The van der Waals surface area contributed by atoms with E-state index >= 15 is 0 Å². The van der Waals surface area contributed by atoms with Crippen LogP contribution in [-0.4, -0.2) is 48.8 Å². The van der Waals surface area contributed by atoms with Crippen LogP contribution in [0.2, 0.25) is 0 Å². The van der Waals surface area contributed by atoms with Crippen molar-refractivity contribution in [3.8, 4) is 5.75 Å². The lowest BCUT2D eigenvalue weighted by Gasteiger charge is -2.27. The number of nitrogens with one attached hydrogen (secondary N) is 2. The molecule has 1 aliphatic heterocycles. The fourth-order valence-electron chi connectivity index (χ4n) is 3.33. The molecule has 1 atom stereocenters. The summed E-state index contributed by atoms with van der Waals surface area (Å²) in [5.74, 6) is -2.20. The van der Waals surface area contributed by atoms with Crippen LogP contribution in [0.3, 0.4) is 0 Å². The molecule has 140 valence electrons. The van der Waals surface area contributed by atoms with Crippen molar-refractivity contribution in [3.63, 3.8) is 0 Å². The van der Waals surface area contributed by atoms with Crippen LogP contribution in [0.15, 0.2) is 18.2 Å². The van der Waals surface area contributed by atoms with E-state index in [9.17, 15) is 19.1 Å². The van der Waals surface area contributed by atoms with Gasteiger partial charge in [0.25, 0.3) is 5.91 Å². The molecule has 3 rings (SSSR count). The van der Waals surface area contributed by atoms with Crippen molar-refractivity contribution in [1.29, 1.82) is 0 Å². The number of aromatic nitrogens is 1. The minimum absolute atomic E-state index is 0.00775. The highest BCUT2D eigenvalue weighted by atomic mass is 19.1. The Bertz CT molecular complexity index is 813. The Balaban J connectivity index is 1.74. The molecule has 0 saturated carbocycles. The number of carboxylic acids is 1. The summed E-state index contributed by atoms with van der Waals surface area (Å²) in [6.07, 6.45) is 1.31. The van der Waals surface area contributed by atoms with Gasteiger partial charge < -0.3 is 24.9 Å².